The summed E-state index contributed by atoms with van der Waals surface area (Å²) in [6, 6.07) is 4.17. The maximum Gasteiger partial charge on any atom is 0.0851 e. The summed E-state index contributed by atoms with van der Waals surface area (Å²) in [6.45, 7) is 1.97. The van der Waals surface area contributed by atoms with Crippen LogP contribution >= 0.6 is 56.8 Å². The molecule has 2 rings (SSSR count). The molecule has 0 N–H and O–H groups in total. The van der Waals surface area contributed by atoms with E-state index in [0.29, 0.717) is 0 Å². The lowest BCUT2D eigenvalue weighted by molar-refractivity contribution is 1.32. The quantitative estimate of drug-likeness (QED) is 0.566. The Balaban J connectivity index is 2.95. The molecule has 0 fully saturated rings. The van der Waals surface area contributed by atoms with E-state index in [0.717, 1.165) is 25.1 Å². The van der Waals surface area contributed by atoms with Gasteiger partial charge < -0.3 is 0 Å². The van der Waals surface area contributed by atoms with E-state index < -0.39 is 0 Å². The van der Waals surface area contributed by atoms with Gasteiger partial charge in [-0.15, -0.1) is 0 Å². The Morgan fingerprint density at radius 3 is 2.71 bits per heavy atom. The summed E-state index contributed by atoms with van der Waals surface area (Å²) >= 11 is 10.8. The van der Waals surface area contributed by atoms with Gasteiger partial charge in [0.15, 0.2) is 0 Å². The largest absolute Gasteiger partial charge is 0.255 e. The summed E-state index contributed by atoms with van der Waals surface area (Å²) in [4.78, 5) is 4.39. The van der Waals surface area contributed by atoms with Crippen LogP contribution in [0.2, 0.25) is 5.02 Å². The minimum atomic E-state index is 0.812. The van der Waals surface area contributed by atoms with Gasteiger partial charge in [-0.05, 0) is 69.8 Å². The molecule has 14 heavy (non-hydrogen) atoms. The van der Waals surface area contributed by atoms with Crippen LogP contribution in [0.15, 0.2) is 18.3 Å². The lowest BCUT2D eigenvalue weighted by Gasteiger charge is -2.05. The molecule has 0 atom stereocenters. The van der Waals surface area contributed by atoms with Crippen molar-refractivity contribution in [2.24, 2.45) is 0 Å². The second-order valence-electron chi connectivity index (χ2n) is 3.04. The van der Waals surface area contributed by atoms with Crippen LogP contribution in [0.25, 0.3) is 10.9 Å². The molecule has 1 nitrogen and oxygen atoms in total. The van der Waals surface area contributed by atoms with Crippen molar-refractivity contribution >= 4 is 67.7 Å². The third-order valence-electron chi connectivity index (χ3n) is 2.00. The van der Waals surface area contributed by atoms with Gasteiger partial charge >= 0.3 is 0 Å². The molecule has 0 amide bonds. The highest BCUT2D eigenvalue weighted by Crippen LogP contribution is 2.29. The molecular weight excluding hydrogens is 423 g/mol. The molecule has 0 aliphatic rings. The molecule has 0 bridgehead atoms. The van der Waals surface area contributed by atoms with Crippen molar-refractivity contribution in [3.63, 3.8) is 0 Å². The Morgan fingerprint density at radius 1 is 1.29 bits per heavy atom. The average molecular weight is 429 g/mol. The Morgan fingerprint density at radius 2 is 2.00 bits per heavy atom. The van der Waals surface area contributed by atoms with Crippen LogP contribution in [-0.4, -0.2) is 4.98 Å². The molecule has 0 saturated heterocycles. The average Bonchev–Trinajstić information content (AvgIpc) is 2.12. The molecule has 1 aromatic heterocycles. The summed E-state index contributed by atoms with van der Waals surface area (Å²) in [5.41, 5.74) is 2.01. The van der Waals surface area contributed by atoms with Crippen molar-refractivity contribution in [2.75, 3.05) is 0 Å². The highest BCUT2D eigenvalue weighted by Gasteiger charge is 2.07. The second-order valence-corrected chi connectivity index (χ2v) is 5.82. The van der Waals surface area contributed by atoms with E-state index in [1.165, 1.54) is 3.57 Å². The highest BCUT2D eigenvalue weighted by molar-refractivity contribution is 14.1. The smallest absolute Gasteiger partial charge is 0.0851 e. The van der Waals surface area contributed by atoms with Gasteiger partial charge in [-0.2, -0.15) is 0 Å². The van der Waals surface area contributed by atoms with Crippen LogP contribution in [0, 0.1) is 14.1 Å². The van der Waals surface area contributed by atoms with Gasteiger partial charge in [0.25, 0.3) is 0 Å². The summed E-state index contributed by atoms with van der Waals surface area (Å²) in [5.74, 6) is 0. The number of rotatable bonds is 0. The maximum absolute atomic E-state index is 6.22. The number of aromatic nitrogens is 1. The highest BCUT2D eigenvalue weighted by atomic mass is 127. The standard InChI is InChI=1S/C10H6ClI2N/c1-5-4-14-10-7(9(5)11)2-6(12)3-8(10)13/h2-4H,1H3. The lowest BCUT2D eigenvalue weighted by Crippen LogP contribution is -1.88. The third-order valence-corrected chi connectivity index (χ3v) is 3.94. The second kappa shape index (κ2) is 4.09. The maximum atomic E-state index is 6.22. The number of nitrogens with zero attached hydrogens (tertiary/aromatic N) is 1. The number of hydrogen-bond donors (Lipinski definition) is 0. The molecule has 72 valence electrons. The van der Waals surface area contributed by atoms with E-state index in [-0.39, 0.29) is 0 Å². The first-order valence-electron chi connectivity index (χ1n) is 3.99. The van der Waals surface area contributed by atoms with E-state index >= 15 is 0 Å². The molecule has 1 heterocycles. The zero-order chi connectivity index (χ0) is 10.3. The van der Waals surface area contributed by atoms with Gasteiger partial charge in [0.1, 0.15) is 0 Å². The van der Waals surface area contributed by atoms with Gasteiger partial charge in [-0.1, -0.05) is 11.6 Å². The first-order valence-corrected chi connectivity index (χ1v) is 6.53. The SMILES string of the molecule is Cc1cnc2c(I)cc(I)cc2c1Cl. The summed E-state index contributed by atoms with van der Waals surface area (Å²) in [7, 11) is 0. The van der Waals surface area contributed by atoms with Crippen molar-refractivity contribution < 1.29 is 0 Å². The van der Waals surface area contributed by atoms with Crippen LogP contribution in [0.5, 0.6) is 0 Å². The molecule has 1 aromatic carbocycles. The first kappa shape index (κ1) is 10.9. The third kappa shape index (κ3) is 1.86. The number of benzene rings is 1. The molecule has 0 saturated carbocycles. The number of pyridine rings is 1. The first-order chi connectivity index (χ1) is 6.59. The predicted octanol–water partition coefficient (Wildman–Crippen LogP) is 4.41. The zero-order valence-electron chi connectivity index (χ0n) is 7.31. The van der Waals surface area contributed by atoms with Gasteiger partial charge in [0.2, 0.25) is 0 Å². The fraction of sp³-hybridized carbons (Fsp3) is 0.100. The summed E-state index contributed by atoms with van der Waals surface area (Å²) in [5, 5.41) is 1.86. The fourth-order valence-electron chi connectivity index (χ4n) is 1.29. The summed E-state index contributed by atoms with van der Waals surface area (Å²) in [6.07, 6.45) is 1.82. The Hall–Kier alpha value is 0.380. The van der Waals surface area contributed by atoms with Crippen LogP contribution in [0.3, 0.4) is 0 Å². The van der Waals surface area contributed by atoms with Gasteiger partial charge in [0.05, 0.1) is 10.5 Å². The van der Waals surface area contributed by atoms with Crippen molar-refractivity contribution in [3.05, 3.63) is 36.1 Å². The van der Waals surface area contributed by atoms with Crippen LogP contribution < -0.4 is 0 Å². The van der Waals surface area contributed by atoms with Crippen LogP contribution in [0.1, 0.15) is 5.56 Å². The Kier molecular flexibility index (Phi) is 3.18. The van der Waals surface area contributed by atoms with Gasteiger partial charge in [-0.25, -0.2) is 0 Å². The topological polar surface area (TPSA) is 12.9 Å². The minimum Gasteiger partial charge on any atom is -0.255 e. The molecular formula is C10H6ClI2N. The van der Waals surface area contributed by atoms with Crippen molar-refractivity contribution in [3.8, 4) is 0 Å². The van der Waals surface area contributed by atoms with Crippen molar-refractivity contribution in [2.45, 2.75) is 6.92 Å². The van der Waals surface area contributed by atoms with Crippen LogP contribution in [-0.2, 0) is 0 Å². The molecule has 0 aliphatic heterocycles. The van der Waals surface area contributed by atoms with E-state index in [2.05, 4.69) is 62.3 Å². The predicted molar refractivity (Wildman–Crippen MR) is 76.9 cm³/mol. The summed E-state index contributed by atoms with van der Waals surface area (Å²) < 4.78 is 2.33. The van der Waals surface area contributed by atoms with E-state index in [1.54, 1.807) is 0 Å². The zero-order valence-corrected chi connectivity index (χ0v) is 12.4. The molecule has 2 aromatic rings. The van der Waals surface area contributed by atoms with Gasteiger partial charge in [0, 0.05) is 18.7 Å². The molecule has 0 spiro atoms. The Labute approximate surface area is 115 Å². The number of hydrogen-bond acceptors (Lipinski definition) is 1. The number of fused-ring (bicyclic) bond motifs is 1. The Bertz CT molecular complexity index is 511. The number of halogens is 3. The van der Waals surface area contributed by atoms with E-state index in [9.17, 15) is 0 Å². The molecule has 4 heteroatoms. The van der Waals surface area contributed by atoms with Gasteiger partial charge in [-0.3, -0.25) is 4.98 Å². The monoisotopic (exact) mass is 429 g/mol. The fourth-order valence-corrected chi connectivity index (χ4v) is 3.47. The molecule has 0 unspecified atom stereocenters. The lowest BCUT2D eigenvalue weighted by atomic mass is 10.2. The minimum absolute atomic E-state index is 0.812. The molecule has 0 aliphatic carbocycles. The van der Waals surface area contributed by atoms with E-state index in [1.807, 2.05) is 13.1 Å². The molecule has 0 radical (unpaired) electrons. The van der Waals surface area contributed by atoms with Crippen molar-refractivity contribution in [1.82, 2.24) is 4.98 Å². The van der Waals surface area contributed by atoms with Crippen LogP contribution in [0.4, 0.5) is 0 Å². The number of aryl methyl sites for hydroxylation is 1. The normalized spacial score (nSPS) is 10.9. The van der Waals surface area contributed by atoms with Crippen molar-refractivity contribution in [1.29, 1.82) is 0 Å². The van der Waals surface area contributed by atoms with E-state index in [4.69, 9.17) is 11.6 Å².